The molecule has 0 aliphatic carbocycles. The van der Waals surface area contributed by atoms with E-state index in [1.807, 2.05) is 39.8 Å². The summed E-state index contributed by atoms with van der Waals surface area (Å²) in [6.07, 6.45) is 1.76. The number of nitrogens with zero attached hydrogens (tertiary/aromatic N) is 1. The first-order valence-corrected chi connectivity index (χ1v) is 9.84. The predicted molar refractivity (Wildman–Crippen MR) is 117 cm³/mol. The molecule has 5 N–H and O–H groups in total. The molecular weight excluding hydrogens is 382 g/mol. The highest BCUT2D eigenvalue weighted by Gasteiger charge is 2.36. The highest BCUT2D eigenvalue weighted by atomic mass is 16.2. The van der Waals surface area contributed by atoms with Crippen molar-refractivity contribution in [3.05, 3.63) is 52.8 Å². The molecule has 158 valence electrons. The van der Waals surface area contributed by atoms with Gasteiger partial charge in [-0.3, -0.25) is 9.59 Å². The number of carbonyl (C=O) groups excluding carboxylic acids is 3. The maximum absolute atomic E-state index is 13.1. The number of rotatable bonds is 5. The number of hydrogen-bond donors (Lipinski definition) is 4. The second-order valence-corrected chi connectivity index (χ2v) is 7.72. The monoisotopic (exact) mass is 409 g/mol. The first kappa shape index (κ1) is 21.3. The zero-order valence-electron chi connectivity index (χ0n) is 17.6. The number of amides is 4. The van der Waals surface area contributed by atoms with Crippen LogP contribution in [-0.2, 0) is 9.59 Å². The number of aryl methyl sites for hydroxylation is 2. The number of aromatic amines is 1. The van der Waals surface area contributed by atoms with Gasteiger partial charge in [0.2, 0.25) is 5.91 Å². The molecule has 0 saturated heterocycles. The molecular formula is C22H27N5O3. The first-order valence-electron chi connectivity index (χ1n) is 9.84. The molecule has 0 spiro atoms. The number of nitrogens with two attached hydrogens (primary N) is 1. The number of H-pyrrole nitrogens is 1. The van der Waals surface area contributed by atoms with E-state index in [4.69, 9.17) is 5.73 Å². The number of benzene rings is 1. The van der Waals surface area contributed by atoms with E-state index in [2.05, 4.69) is 15.6 Å². The van der Waals surface area contributed by atoms with Crippen LogP contribution in [0, 0.1) is 13.8 Å². The van der Waals surface area contributed by atoms with E-state index in [1.54, 1.807) is 24.3 Å². The van der Waals surface area contributed by atoms with Crippen LogP contribution >= 0.6 is 0 Å². The molecule has 0 fully saturated rings. The molecule has 4 amide bonds. The average molecular weight is 409 g/mol. The van der Waals surface area contributed by atoms with E-state index < -0.39 is 18.0 Å². The van der Waals surface area contributed by atoms with Gasteiger partial charge < -0.3 is 21.4 Å². The molecule has 1 aliphatic rings. The summed E-state index contributed by atoms with van der Waals surface area (Å²) in [5.41, 5.74) is 10.3. The molecule has 8 heteroatoms. The van der Waals surface area contributed by atoms with Crippen molar-refractivity contribution >= 4 is 35.2 Å². The van der Waals surface area contributed by atoms with Gasteiger partial charge in [0.15, 0.2) is 0 Å². The molecule has 1 aromatic heterocycles. The predicted octanol–water partition coefficient (Wildman–Crippen LogP) is 2.08. The van der Waals surface area contributed by atoms with Crippen molar-refractivity contribution in [2.75, 3.05) is 11.4 Å². The van der Waals surface area contributed by atoms with Gasteiger partial charge in [0.1, 0.15) is 6.04 Å². The van der Waals surface area contributed by atoms with Crippen LogP contribution in [0.5, 0.6) is 0 Å². The van der Waals surface area contributed by atoms with Gasteiger partial charge in [0, 0.05) is 29.5 Å². The summed E-state index contributed by atoms with van der Waals surface area (Å²) in [5.74, 6) is -0.794. The summed E-state index contributed by atoms with van der Waals surface area (Å²) in [7, 11) is 0. The third-order valence-corrected chi connectivity index (χ3v) is 4.79. The van der Waals surface area contributed by atoms with Crippen LogP contribution in [0.1, 0.15) is 36.4 Å². The Morgan fingerprint density at radius 3 is 2.57 bits per heavy atom. The van der Waals surface area contributed by atoms with Crippen molar-refractivity contribution in [3.63, 3.8) is 0 Å². The Labute approximate surface area is 175 Å². The summed E-state index contributed by atoms with van der Waals surface area (Å²) >= 11 is 0. The maximum Gasteiger partial charge on any atom is 0.329 e. The highest BCUT2D eigenvalue weighted by molar-refractivity contribution is 6.42. The molecule has 1 aliphatic heterocycles. The fourth-order valence-electron chi connectivity index (χ4n) is 3.39. The molecule has 0 bridgehead atoms. The third kappa shape index (κ3) is 4.28. The Morgan fingerprint density at radius 2 is 1.93 bits per heavy atom. The van der Waals surface area contributed by atoms with Gasteiger partial charge in [0.25, 0.3) is 5.91 Å². The lowest BCUT2D eigenvalue weighted by Crippen LogP contribution is -2.52. The lowest BCUT2D eigenvalue weighted by atomic mass is 10.1. The van der Waals surface area contributed by atoms with Gasteiger partial charge in [-0.05, 0) is 51.5 Å². The minimum absolute atomic E-state index is 0.0564. The van der Waals surface area contributed by atoms with Gasteiger partial charge in [-0.25, -0.2) is 9.69 Å². The van der Waals surface area contributed by atoms with Crippen molar-refractivity contribution in [3.8, 4) is 0 Å². The largest absolute Gasteiger partial charge is 0.359 e. The Bertz CT molecular complexity index is 1020. The molecule has 1 atom stereocenters. The standard InChI is InChI=1S/C22H27N5O3/c1-12(2)25-20(28)17(23)11-24-22(30)27-19-8-6-5-7-15(19)16(21(27)29)10-18-13(3)9-14(4)26-18/h5-10,12,17,26H,11,23H2,1-4H3,(H,24,30)(H,25,28)/b16-10-. The number of carbonyl (C=O) groups is 3. The van der Waals surface area contributed by atoms with Gasteiger partial charge in [-0.2, -0.15) is 0 Å². The molecule has 3 rings (SSSR count). The van der Waals surface area contributed by atoms with Gasteiger partial charge in [-0.1, -0.05) is 18.2 Å². The van der Waals surface area contributed by atoms with Crippen LogP contribution < -0.4 is 21.3 Å². The average Bonchev–Trinajstić information content (AvgIpc) is 3.15. The Morgan fingerprint density at radius 1 is 1.23 bits per heavy atom. The molecule has 1 unspecified atom stereocenters. The second kappa shape index (κ2) is 8.54. The van der Waals surface area contributed by atoms with Crippen molar-refractivity contribution in [2.24, 2.45) is 5.73 Å². The smallest absolute Gasteiger partial charge is 0.329 e. The number of fused-ring (bicyclic) bond motifs is 1. The normalized spacial score (nSPS) is 15.5. The van der Waals surface area contributed by atoms with Crippen LogP contribution in [0.2, 0.25) is 0 Å². The van der Waals surface area contributed by atoms with Gasteiger partial charge in [0.05, 0.1) is 11.3 Å². The van der Waals surface area contributed by atoms with Crippen LogP contribution in [0.25, 0.3) is 11.6 Å². The quantitative estimate of drug-likeness (QED) is 0.565. The first-order chi connectivity index (χ1) is 14.2. The molecule has 0 radical (unpaired) electrons. The third-order valence-electron chi connectivity index (χ3n) is 4.79. The minimum Gasteiger partial charge on any atom is -0.359 e. The zero-order chi connectivity index (χ0) is 22.0. The van der Waals surface area contributed by atoms with E-state index in [1.165, 1.54) is 0 Å². The molecule has 2 heterocycles. The number of hydrogen-bond acceptors (Lipinski definition) is 4. The number of anilines is 1. The van der Waals surface area contributed by atoms with Crippen LogP contribution in [0.15, 0.2) is 30.3 Å². The lowest BCUT2D eigenvalue weighted by Gasteiger charge is -2.19. The number of para-hydroxylation sites is 1. The SMILES string of the molecule is Cc1cc(C)c(/C=C2\C(=O)N(C(=O)NCC(N)C(=O)NC(C)C)c3ccccc32)[nH]1. The van der Waals surface area contributed by atoms with Gasteiger partial charge >= 0.3 is 6.03 Å². The van der Waals surface area contributed by atoms with Crippen molar-refractivity contribution < 1.29 is 14.4 Å². The number of imide groups is 1. The van der Waals surface area contributed by atoms with Crippen molar-refractivity contribution in [2.45, 2.75) is 39.8 Å². The van der Waals surface area contributed by atoms with Crippen LogP contribution in [0.4, 0.5) is 10.5 Å². The van der Waals surface area contributed by atoms with E-state index in [9.17, 15) is 14.4 Å². The molecule has 30 heavy (non-hydrogen) atoms. The zero-order valence-corrected chi connectivity index (χ0v) is 17.6. The van der Waals surface area contributed by atoms with E-state index >= 15 is 0 Å². The molecule has 1 aromatic carbocycles. The van der Waals surface area contributed by atoms with E-state index in [-0.39, 0.29) is 18.5 Å². The Balaban J connectivity index is 1.82. The Kier molecular flexibility index (Phi) is 6.07. The number of aromatic nitrogens is 1. The van der Waals surface area contributed by atoms with Gasteiger partial charge in [-0.15, -0.1) is 0 Å². The number of nitrogens with one attached hydrogen (secondary N) is 3. The van der Waals surface area contributed by atoms with Crippen molar-refractivity contribution in [1.82, 2.24) is 15.6 Å². The lowest BCUT2D eigenvalue weighted by molar-refractivity contribution is -0.122. The fourth-order valence-corrected chi connectivity index (χ4v) is 3.39. The minimum atomic E-state index is -0.913. The maximum atomic E-state index is 13.1. The highest BCUT2D eigenvalue weighted by Crippen LogP contribution is 2.37. The summed E-state index contributed by atoms with van der Waals surface area (Å²) in [6, 6.07) is 7.50. The fraction of sp³-hybridized carbons (Fsp3) is 0.318. The molecule has 8 nitrogen and oxygen atoms in total. The molecule has 0 saturated carbocycles. The van der Waals surface area contributed by atoms with Crippen LogP contribution in [-0.4, -0.2) is 41.5 Å². The Hall–Kier alpha value is -3.39. The topological polar surface area (TPSA) is 120 Å². The van der Waals surface area contributed by atoms with Crippen LogP contribution in [0.3, 0.4) is 0 Å². The van der Waals surface area contributed by atoms with E-state index in [0.717, 1.165) is 21.9 Å². The second-order valence-electron chi connectivity index (χ2n) is 7.72. The van der Waals surface area contributed by atoms with Crippen molar-refractivity contribution in [1.29, 1.82) is 0 Å². The summed E-state index contributed by atoms with van der Waals surface area (Å²) in [6.45, 7) is 7.46. The van der Waals surface area contributed by atoms with E-state index in [0.29, 0.717) is 16.8 Å². The molecule has 2 aromatic rings. The summed E-state index contributed by atoms with van der Waals surface area (Å²) < 4.78 is 0. The summed E-state index contributed by atoms with van der Waals surface area (Å²) in [5, 5.41) is 5.29. The summed E-state index contributed by atoms with van der Waals surface area (Å²) in [4.78, 5) is 42.2. The number of urea groups is 1.